The number of rotatable bonds is 4. The number of alkyl halides is 2. The summed E-state index contributed by atoms with van der Waals surface area (Å²) in [5, 5.41) is 1.61. The van der Waals surface area contributed by atoms with Crippen molar-refractivity contribution < 1.29 is 22.8 Å². The number of thioether (sulfide) groups is 1. The fourth-order valence-corrected chi connectivity index (χ4v) is 3.52. The number of hydrogen-bond acceptors (Lipinski definition) is 4. The van der Waals surface area contributed by atoms with Crippen molar-refractivity contribution in [2.24, 2.45) is 4.99 Å². The third-order valence-electron chi connectivity index (χ3n) is 3.87. The maximum atomic E-state index is 13.8. The molecule has 1 unspecified atom stereocenters. The predicted molar refractivity (Wildman–Crippen MR) is 99.9 cm³/mol. The van der Waals surface area contributed by atoms with E-state index >= 15 is 0 Å². The van der Waals surface area contributed by atoms with Gasteiger partial charge in [0, 0.05) is 11.3 Å². The zero-order chi connectivity index (χ0) is 19.8. The first kappa shape index (κ1) is 19.4. The van der Waals surface area contributed by atoms with Gasteiger partial charge in [-0.05, 0) is 42.4 Å². The molecule has 0 bridgehead atoms. The van der Waals surface area contributed by atoms with Crippen molar-refractivity contribution in [1.82, 2.24) is 0 Å². The molecule has 27 heavy (non-hydrogen) atoms. The molecule has 140 valence electrons. The van der Waals surface area contributed by atoms with Crippen LogP contribution in [0.3, 0.4) is 0 Å². The molecule has 0 saturated carbocycles. The quantitative estimate of drug-likeness (QED) is 0.786. The molecule has 2 aromatic carbocycles. The first-order valence-corrected chi connectivity index (χ1v) is 8.88. The summed E-state index contributed by atoms with van der Waals surface area (Å²) < 4.78 is 39.5. The molecule has 1 heterocycles. The molecule has 9 heteroatoms. The molecule has 1 aliphatic heterocycles. The molecule has 4 nitrogen and oxygen atoms in total. The lowest BCUT2D eigenvalue weighted by molar-refractivity contribution is -0.118. The SMILES string of the molecule is CC1(C(=O)Nc2ccccc2-c2ccc(Cl)c(F)c2)N=C(C(F)F)C(=O)S1. The van der Waals surface area contributed by atoms with E-state index in [9.17, 15) is 22.8 Å². The number of nitrogens with one attached hydrogen (secondary N) is 1. The summed E-state index contributed by atoms with van der Waals surface area (Å²) in [6.45, 7) is 1.28. The summed E-state index contributed by atoms with van der Waals surface area (Å²) in [6.07, 6.45) is -3.05. The van der Waals surface area contributed by atoms with Crippen molar-refractivity contribution in [3.63, 3.8) is 0 Å². The summed E-state index contributed by atoms with van der Waals surface area (Å²) in [5.74, 6) is -1.36. The van der Waals surface area contributed by atoms with Gasteiger partial charge in [0.1, 0.15) is 5.82 Å². The number of aliphatic imine (C=N–C) groups is 1. The number of carbonyl (C=O) groups is 2. The Hall–Kier alpha value is -2.32. The summed E-state index contributed by atoms with van der Waals surface area (Å²) >= 11 is 6.12. The fourth-order valence-electron chi connectivity index (χ4n) is 2.51. The van der Waals surface area contributed by atoms with Gasteiger partial charge in [0.25, 0.3) is 12.3 Å². The van der Waals surface area contributed by atoms with Crippen LogP contribution < -0.4 is 5.32 Å². The van der Waals surface area contributed by atoms with E-state index in [4.69, 9.17) is 11.6 Å². The van der Waals surface area contributed by atoms with Crippen LogP contribution >= 0.6 is 23.4 Å². The Balaban J connectivity index is 1.92. The normalized spacial score (nSPS) is 19.3. The molecule has 0 spiro atoms. The molecule has 0 aliphatic carbocycles. The molecule has 0 aromatic heterocycles. The predicted octanol–water partition coefficient (Wildman–Crippen LogP) is 4.78. The second-order valence-electron chi connectivity index (χ2n) is 5.80. The molecular weight excluding hydrogens is 401 g/mol. The van der Waals surface area contributed by atoms with E-state index in [0.717, 1.165) is 0 Å². The van der Waals surface area contributed by atoms with Crippen LogP contribution in [0.1, 0.15) is 6.92 Å². The topological polar surface area (TPSA) is 58.5 Å². The standard InChI is InChI=1S/C18H12ClF3N2O2S/c1-18(24-14(15(21)22)16(25)27-18)17(26)23-13-5-3-2-4-10(13)9-6-7-11(19)12(20)8-9/h2-8,15H,1H3,(H,23,26). The van der Waals surface area contributed by atoms with Crippen LogP contribution in [-0.2, 0) is 9.59 Å². The van der Waals surface area contributed by atoms with Crippen molar-refractivity contribution in [1.29, 1.82) is 0 Å². The largest absolute Gasteiger partial charge is 0.323 e. The van der Waals surface area contributed by atoms with Crippen LogP contribution in [0.25, 0.3) is 11.1 Å². The smallest absolute Gasteiger partial charge is 0.284 e. The highest BCUT2D eigenvalue weighted by molar-refractivity contribution is 8.17. The van der Waals surface area contributed by atoms with Gasteiger partial charge in [-0.1, -0.05) is 35.9 Å². The third kappa shape index (κ3) is 3.86. The van der Waals surface area contributed by atoms with Gasteiger partial charge in [-0.25, -0.2) is 13.2 Å². The molecule has 0 saturated heterocycles. The van der Waals surface area contributed by atoms with E-state index in [-0.39, 0.29) is 5.02 Å². The summed E-state index contributed by atoms with van der Waals surface area (Å²) in [6, 6.07) is 10.8. The van der Waals surface area contributed by atoms with Crippen molar-refractivity contribution in [3.8, 4) is 11.1 Å². The summed E-state index contributed by atoms with van der Waals surface area (Å²) in [7, 11) is 0. The van der Waals surface area contributed by atoms with Gasteiger partial charge in [0.2, 0.25) is 5.12 Å². The minimum absolute atomic E-state index is 0.0393. The number of anilines is 1. The Bertz CT molecular complexity index is 967. The van der Waals surface area contributed by atoms with Gasteiger partial charge in [0.05, 0.1) is 5.02 Å². The summed E-state index contributed by atoms with van der Waals surface area (Å²) in [4.78, 5) is 26.2. The van der Waals surface area contributed by atoms with Crippen LogP contribution in [0.5, 0.6) is 0 Å². The Kier molecular flexibility index (Phi) is 5.30. The van der Waals surface area contributed by atoms with E-state index in [2.05, 4.69) is 10.3 Å². The summed E-state index contributed by atoms with van der Waals surface area (Å²) in [5.41, 5.74) is 0.354. The molecule has 0 radical (unpaired) electrons. The van der Waals surface area contributed by atoms with Crippen molar-refractivity contribution in [2.45, 2.75) is 18.2 Å². The monoisotopic (exact) mass is 412 g/mol. The number of carbonyl (C=O) groups excluding carboxylic acids is 2. The fraction of sp³-hybridized carbons (Fsp3) is 0.167. The molecule has 2 aromatic rings. The van der Waals surface area contributed by atoms with Gasteiger partial charge in [-0.15, -0.1) is 0 Å². The number of halogens is 4. The number of para-hydroxylation sites is 1. The van der Waals surface area contributed by atoms with Gasteiger partial charge in [-0.3, -0.25) is 14.6 Å². The number of benzene rings is 2. The van der Waals surface area contributed by atoms with Gasteiger partial charge < -0.3 is 5.32 Å². The highest BCUT2D eigenvalue weighted by atomic mass is 35.5. The van der Waals surface area contributed by atoms with Gasteiger partial charge in [0.15, 0.2) is 10.6 Å². The van der Waals surface area contributed by atoms with Crippen LogP contribution in [0.2, 0.25) is 5.02 Å². The van der Waals surface area contributed by atoms with E-state index < -0.39 is 33.8 Å². The van der Waals surface area contributed by atoms with Gasteiger partial charge in [-0.2, -0.15) is 0 Å². The molecule has 1 N–H and O–H groups in total. The minimum Gasteiger partial charge on any atom is -0.323 e. The maximum Gasteiger partial charge on any atom is 0.284 e. The Morgan fingerprint density at radius 2 is 1.96 bits per heavy atom. The lowest BCUT2D eigenvalue weighted by Crippen LogP contribution is -2.34. The first-order valence-electron chi connectivity index (χ1n) is 7.68. The van der Waals surface area contributed by atoms with Crippen LogP contribution in [0, 0.1) is 5.82 Å². The maximum absolute atomic E-state index is 13.8. The molecule has 1 aliphatic rings. The van der Waals surface area contributed by atoms with Crippen LogP contribution in [0.15, 0.2) is 47.5 Å². The number of nitrogens with zero attached hydrogens (tertiary/aromatic N) is 1. The van der Waals surface area contributed by atoms with Crippen LogP contribution in [0.4, 0.5) is 18.9 Å². The highest BCUT2D eigenvalue weighted by Gasteiger charge is 2.46. The van der Waals surface area contributed by atoms with Crippen molar-refractivity contribution >= 4 is 45.8 Å². The first-order chi connectivity index (χ1) is 12.7. The van der Waals surface area contributed by atoms with E-state index in [0.29, 0.717) is 28.6 Å². The van der Waals surface area contributed by atoms with E-state index in [1.807, 2.05) is 0 Å². The number of amides is 1. The Morgan fingerprint density at radius 3 is 2.59 bits per heavy atom. The Labute approximate surface area is 161 Å². The van der Waals surface area contributed by atoms with Crippen molar-refractivity contribution in [2.75, 3.05) is 5.32 Å². The highest BCUT2D eigenvalue weighted by Crippen LogP contribution is 2.37. The zero-order valence-electron chi connectivity index (χ0n) is 13.8. The molecular formula is C18H12ClF3N2O2S. The second kappa shape index (κ2) is 7.36. The minimum atomic E-state index is -3.05. The second-order valence-corrected chi connectivity index (χ2v) is 7.58. The van der Waals surface area contributed by atoms with E-state index in [1.165, 1.54) is 19.1 Å². The lowest BCUT2D eigenvalue weighted by Gasteiger charge is -2.19. The van der Waals surface area contributed by atoms with E-state index in [1.54, 1.807) is 30.3 Å². The lowest BCUT2D eigenvalue weighted by atomic mass is 10.0. The zero-order valence-corrected chi connectivity index (χ0v) is 15.4. The van der Waals surface area contributed by atoms with Crippen molar-refractivity contribution in [3.05, 3.63) is 53.3 Å². The number of hydrogen-bond donors (Lipinski definition) is 1. The average Bonchev–Trinajstić information content (AvgIpc) is 2.94. The third-order valence-corrected chi connectivity index (χ3v) is 5.24. The molecule has 3 rings (SSSR count). The van der Waals surface area contributed by atoms with Crippen LogP contribution in [-0.4, -0.2) is 28.0 Å². The average molecular weight is 413 g/mol. The molecule has 0 fully saturated rings. The van der Waals surface area contributed by atoms with Gasteiger partial charge >= 0.3 is 0 Å². The molecule has 1 atom stereocenters. The molecule has 1 amide bonds. The Morgan fingerprint density at radius 1 is 1.26 bits per heavy atom.